The minimum atomic E-state index is -0.285. The highest BCUT2D eigenvalue weighted by Crippen LogP contribution is 2.37. The van der Waals surface area contributed by atoms with E-state index in [4.69, 9.17) is 21.1 Å². The molecule has 0 aliphatic heterocycles. The van der Waals surface area contributed by atoms with Crippen molar-refractivity contribution in [1.29, 1.82) is 0 Å². The fraction of sp³-hybridized carbons (Fsp3) is 0.136. The number of hydrogen-bond donors (Lipinski definition) is 1. The molecule has 0 radical (unpaired) electrons. The molecule has 0 saturated heterocycles. The first kappa shape index (κ1) is 21.7. The van der Waals surface area contributed by atoms with Crippen molar-refractivity contribution in [3.63, 3.8) is 0 Å². The molecule has 3 aromatic rings. The van der Waals surface area contributed by atoms with Crippen molar-refractivity contribution in [2.24, 2.45) is 0 Å². The fourth-order valence-corrected chi connectivity index (χ4v) is 3.59. The molecule has 0 aliphatic rings. The number of anilines is 1. The molecule has 29 heavy (non-hydrogen) atoms. The summed E-state index contributed by atoms with van der Waals surface area (Å²) >= 11 is 12.9. The van der Waals surface area contributed by atoms with Gasteiger partial charge in [0, 0.05) is 15.7 Å². The third-order valence-corrected chi connectivity index (χ3v) is 5.99. The molecule has 0 spiro atoms. The maximum absolute atomic E-state index is 12.7. The third kappa shape index (κ3) is 5.53. The highest BCUT2D eigenvalue weighted by molar-refractivity contribution is 9.10. The first-order valence-corrected chi connectivity index (χ1v) is 10.7. The van der Waals surface area contributed by atoms with E-state index in [1.54, 1.807) is 30.3 Å². The van der Waals surface area contributed by atoms with Crippen LogP contribution in [0.4, 0.5) is 5.69 Å². The fourth-order valence-electron chi connectivity index (χ4n) is 2.61. The largest absolute Gasteiger partial charge is 0.493 e. The first-order chi connectivity index (χ1) is 13.9. The van der Waals surface area contributed by atoms with Gasteiger partial charge in [0.1, 0.15) is 6.61 Å². The highest BCUT2D eigenvalue weighted by atomic mass is 79.9. The number of methoxy groups -OCH3 is 1. The lowest BCUT2D eigenvalue weighted by molar-refractivity contribution is 0.102. The van der Waals surface area contributed by atoms with Crippen molar-refractivity contribution in [3.05, 3.63) is 85.3 Å². The van der Waals surface area contributed by atoms with E-state index in [9.17, 15) is 4.79 Å². The lowest BCUT2D eigenvalue weighted by Crippen LogP contribution is -2.12. The van der Waals surface area contributed by atoms with Crippen LogP contribution in [0.5, 0.6) is 11.5 Å². The van der Waals surface area contributed by atoms with Gasteiger partial charge in [0.2, 0.25) is 0 Å². The first-order valence-electron chi connectivity index (χ1n) is 8.69. The van der Waals surface area contributed by atoms with Crippen LogP contribution in [0.2, 0.25) is 5.02 Å². The van der Waals surface area contributed by atoms with Crippen molar-refractivity contribution in [2.75, 3.05) is 12.4 Å². The molecule has 0 heterocycles. The van der Waals surface area contributed by atoms with E-state index in [0.717, 1.165) is 10.0 Å². The second kappa shape index (κ2) is 9.65. The third-order valence-electron chi connectivity index (χ3n) is 4.17. The summed E-state index contributed by atoms with van der Waals surface area (Å²) in [6.07, 6.45) is 0. The summed E-state index contributed by atoms with van der Waals surface area (Å²) in [5.41, 5.74) is 3.25. The topological polar surface area (TPSA) is 47.6 Å². The number of ether oxygens (including phenoxy) is 2. The smallest absolute Gasteiger partial charge is 0.255 e. The van der Waals surface area contributed by atoms with Gasteiger partial charge in [-0.25, -0.2) is 0 Å². The summed E-state index contributed by atoms with van der Waals surface area (Å²) < 4.78 is 12.8. The normalized spacial score (nSPS) is 10.5. The summed E-state index contributed by atoms with van der Waals surface area (Å²) in [5, 5.41) is 3.34. The van der Waals surface area contributed by atoms with Gasteiger partial charge in [-0.3, -0.25) is 4.79 Å². The van der Waals surface area contributed by atoms with Crippen LogP contribution in [0, 0.1) is 6.92 Å². The Morgan fingerprint density at radius 2 is 1.76 bits per heavy atom. The number of aryl methyl sites for hydroxylation is 1. The zero-order valence-corrected chi connectivity index (χ0v) is 19.7. The lowest BCUT2D eigenvalue weighted by Gasteiger charge is -2.15. The van der Waals surface area contributed by atoms with Crippen LogP contribution in [0.3, 0.4) is 0 Å². The molecular formula is C22H18Br2ClNO3. The number of nitrogens with one attached hydrogen (secondary N) is 1. The zero-order chi connectivity index (χ0) is 21.0. The molecule has 0 unspecified atom stereocenters. The molecule has 0 aromatic heterocycles. The quantitative estimate of drug-likeness (QED) is 0.367. The second-order valence-electron chi connectivity index (χ2n) is 6.35. The Hall–Kier alpha value is -2.02. The molecule has 1 amide bonds. The zero-order valence-electron chi connectivity index (χ0n) is 15.8. The van der Waals surface area contributed by atoms with Crippen molar-refractivity contribution >= 4 is 55.1 Å². The van der Waals surface area contributed by atoms with Crippen molar-refractivity contribution < 1.29 is 14.3 Å². The van der Waals surface area contributed by atoms with Gasteiger partial charge in [-0.05, 0) is 74.7 Å². The SMILES string of the molecule is COc1cc(C(=O)Nc2ccc(Br)c(Cl)c2)cc(Br)c1OCc1ccc(C)cc1. The molecule has 0 bridgehead atoms. The Balaban J connectivity index is 1.78. The van der Waals surface area contributed by atoms with Crippen LogP contribution in [-0.4, -0.2) is 13.0 Å². The maximum Gasteiger partial charge on any atom is 0.255 e. The predicted molar refractivity (Wildman–Crippen MR) is 123 cm³/mol. The van der Waals surface area contributed by atoms with Gasteiger partial charge >= 0.3 is 0 Å². The molecule has 4 nitrogen and oxygen atoms in total. The molecule has 3 rings (SSSR count). The van der Waals surface area contributed by atoms with Crippen LogP contribution in [-0.2, 0) is 6.61 Å². The molecule has 3 aromatic carbocycles. The van der Waals surface area contributed by atoms with Gasteiger partial charge in [0.05, 0.1) is 16.6 Å². The van der Waals surface area contributed by atoms with Crippen LogP contribution in [0.25, 0.3) is 0 Å². The number of amides is 1. The number of benzene rings is 3. The number of carbonyl (C=O) groups is 1. The average molecular weight is 540 g/mol. The minimum absolute atomic E-state index is 0.285. The van der Waals surface area contributed by atoms with E-state index in [-0.39, 0.29) is 5.91 Å². The Morgan fingerprint density at radius 1 is 1.03 bits per heavy atom. The van der Waals surface area contributed by atoms with Gasteiger partial charge in [-0.15, -0.1) is 0 Å². The summed E-state index contributed by atoms with van der Waals surface area (Å²) in [7, 11) is 1.54. The Morgan fingerprint density at radius 3 is 2.41 bits per heavy atom. The van der Waals surface area contributed by atoms with Gasteiger partial charge in [0.25, 0.3) is 5.91 Å². The maximum atomic E-state index is 12.7. The van der Waals surface area contributed by atoms with Crippen molar-refractivity contribution in [3.8, 4) is 11.5 Å². The number of carbonyl (C=O) groups excluding carboxylic acids is 1. The standard InChI is InChI=1S/C22H18Br2ClNO3/c1-13-3-5-14(6-4-13)12-29-21-18(24)9-15(10-20(21)28-2)22(27)26-16-7-8-17(23)19(25)11-16/h3-11H,12H2,1-2H3,(H,26,27). The Labute approximate surface area is 191 Å². The van der Waals surface area contributed by atoms with Crippen LogP contribution >= 0.6 is 43.5 Å². The number of rotatable bonds is 6. The van der Waals surface area contributed by atoms with Gasteiger partial charge in [0.15, 0.2) is 11.5 Å². The van der Waals surface area contributed by atoms with Crippen LogP contribution in [0.15, 0.2) is 63.5 Å². The van der Waals surface area contributed by atoms with E-state index in [1.807, 2.05) is 31.2 Å². The van der Waals surface area contributed by atoms with E-state index in [0.29, 0.717) is 38.9 Å². The van der Waals surface area contributed by atoms with Gasteiger partial charge in [-0.2, -0.15) is 0 Å². The van der Waals surface area contributed by atoms with Gasteiger partial charge in [-0.1, -0.05) is 41.4 Å². The summed E-state index contributed by atoms with van der Waals surface area (Å²) in [6, 6.07) is 16.7. The molecular weight excluding hydrogens is 522 g/mol. The van der Waals surface area contributed by atoms with Crippen LogP contribution < -0.4 is 14.8 Å². The molecule has 7 heteroatoms. The molecule has 1 N–H and O–H groups in total. The predicted octanol–water partition coefficient (Wildman–Crippen LogP) is 7.01. The van der Waals surface area contributed by atoms with E-state index >= 15 is 0 Å². The lowest BCUT2D eigenvalue weighted by atomic mass is 10.1. The highest BCUT2D eigenvalue weighted by Gasteiger charge is 2.16. The molecule has 0 aliphatic carbocycles. The molecule has 150 valence electrons. The van der Waals surface area contributed by atoms with E-state index in [2.05, 4.69) is 37.2 Å². The number of halogens is 3. The monoisotopic (exact) mass is 537 g/mol. The average Bonchev–Trinajstić information content (AvgIpc) is 2.70. The Kier molecular flexibility index (Phi) is 7.22. The van der Waals surface area contributed by atoms with Crippen molar-refractivity contribution in [2.45, 2.75) is 13.5 Å². The summed E-state index contributed by atoms with van der Waals surface area (Å²) in [5.74, 6) is 0.717. The van der Waals surface area contributed by atoms with Crippen molar-refractivity contribution in [1.82, 2.24) is 0 Å². The van der Waals surface area contributed by atoms with E-state index in [1.165, 1.54) is 12.7 Å². The molecule has 0 saturated carbocycles. The Bertz CT molecular complexity index is 1040. The van der Waals surface area contributed by atoms with Gasteiger partial charge < -0.3 is 14.8 Å². The summed E-state index contributed by atoms with van der Waals surface area (Å²) in [4.78, 5) is 12.7. The summed E-state index contributed by atoms with van der Waals surface area (Å²) in [6.45, 7) is 2.43. The molecule has 0 atom stereocenters. The minimum Gasteiger partial charge on any atom is -0.493 e. The van der Waals surface area contributed by atoms with Crippen LogP contribution in [0.1, 0.15) is 21.5 Å². The second-order valence-corrected chi connectivity index (χ2v) is 8.46. The van der Waals surface area contributed by atoms with E-state index < -0.39 is 0 Å². The molecule has 0 fully saturated rings. The number of hydrogen-bond acceptors (Lipinski definition) is 3.